The van der Waals surface area contributed by atoms with E-state index in [1.54, 1.807) is 0 Å². The molecule has 0 spiro atoms. The van der Waals surface area contributed by atoms with E-state index >= 15 is 0 Å². The molecule has 4 unspecified atom stereocenters. The Hall–Kier alpha value is -0.120. The van der Waals surface area contributed by atoms with E-state index < -0.39 is 0 Å². The smallest absolute Gasteiger partial charge is 0.0701 e. The lowest BCUT2D eigenvalue weighted by Crippen LogP contribution is -2.53. The van der Waals surface area contributed by atoms with Gasteiger partial charge in [-0.3, -0.25) is 0 Å². The predicted octanol–water partition coefficient (Wildman–Crippen LogP) is 2.80. The monoisotopic (exact) mass is 280 g/mol. The highest BCUT2D eigenvalue weighted by molar-refractivity contribution is 4.90. The maximum Gasteiger partial charge on any atom is 0.0701 e. The van der Waals surface area contributed by atoms with Crippen molar-refractivity contribution in [2.24, 2.45) is 5.92 Å². The molecule has 2 aliphatic heterocycles. The Morgan fingerprint density at radius 3 is 2.65 bits per heavy atom. The quantitative estimate of drug-likeness (QED) is 0.857. The van der Waals surface area contributed by atoms with Crippen molar-refractivity contribution in [2.45, 2.75) is 76.0 Å². The van der Waals surface area contributed by atoms with Crippen LogP contribution in [0, 0.1) is 5.92 Å². The van der Waals surface area contributed by atoms with E-state index in [4.69, 9.17) is 4.74 Å². The topological polar surface area (TPSA) is 24.5 Å². The molecule has 3 nitrogen and oxygen atoms in total. The number of piperidine rings is 1. The zero-order valence-corrected chi connectivity index (χ0v) is 13.2. The first-order valence-electron chi connectivity index (χ1n) is 8.87. The van der Waals surface area contributed by atoms with Crippen molar-refractivity contribution in [1.29, 1.82) is 0 Å². The zero-order chi connectivity index (χ0) is 13.8. The SMILES string of the molecule is CN(CC1CCC2CCCCC2N1)CC1CCCCO1. The molecule has 20 heavy (non-hydrogen) atoms. The van der Waals surface area contributed by atoms with Gasteiger partial charge in [0, 0.05) is 31.8 Å². The summed E-state index contributed by atoms with van der Waals surface area (Å²) >= 11 is 0. The number of hydrogen-bond acceptors (Lipinski definition) is 3. The van der Waals surface area contributed by atoms with Gasteiger partial charge < -0.3 is 15.0 Å². The van der Waals surface area contributed by atoms with Crippen LogP contribution in [0.3, 0.4) is 0 Å². The first kappa shape index (κ1) is 14.8. The first-order valence-corrected chi connectivity index (χ1v) is 8.87. The van der Waals surface area contributed by atoms with E-state index in [1.807, 2.05) is 0 Å². The number of hydrogen-bond donors (Lipinski definition) is 1. The fourth-order valence-corrected chi connectivity index (χ4v) is 4.47. The average Bonchev–Trinajstić information content (AvgIpc) is 2.48. The summed E-state index contributed by atoms with van der Waals surface area (Å²) in [7, 11) is 2.27. The third-order valence-electron chi connectivity index (χ3n) is 5.57. The average molecular weight is 280 g/mol. The summed E-state index contributed by atoms with van der Waals surface area (Å²) in [6, 6.07) is 1.53. The molecule has 0 amide bonds. The van der Waals surface area contributed by atoms with E-state index in [9.17, 15) is 0 Å². The molecule has 1 aliphatic carbocycles. The Labute approximate surface area is 124 Å². The van der Waals surface area contributed by atoms with Crippen LogP contribution in [0.4, 0.5) is 0 Å². The number of likely N-dealkylation sites (N-methyl/N-ethyl adjacent to an activating group) is 1. The van der Waals surface area contributed by atoms with Gasteiger partial charge in [-0.15, -0.1) is 0 Å². The van der Waals surface area contributed by atoms with Crippen molar-refractivity contribution in [1.82, 2.24) is 10.2 Å². The molecule has 4 atom stereocenters. The lowest BCUT2D eigenvalue weighted by Gasteiger charge is -2.42. The van der Waals surface area contributed by atoms with E-state index in [0.29, 0.717) is 12.1 Å². The largest absolute Gasteiger partial charge is 0.377 e. The van der Waals surface area contributed by atoms with Gasteiger partial charge in [0.2, 0.25) is 0 Å². The molecule has 1 N–H and O–H groups in total. The number of nitrogens with zero attached hydrogens (tertiary/aromatic N) is 1. The lowest BCUT2D eigenvalue weighted by molar-refractivity contribution is -0.00391. The van der Waals surface area contributed by atoms with Gasteiger partial charge in [-0.1, -0.05) is 12.8 Å². The molecule has 0 radical (unpaired) electrons. The summed E-state index contributed by atoms with van der Waals surface area (Å²) < 4.78 is 5.86. The van der Waals surface area contributed by atoms with Crippen LogP contribution >= 0.6 is 0 Å². The Balaban J connectivity index is 1.40. The molecule has 0 bridgehead atoms. The molecule has 116 valence electrons. The van der Waals surface area contributed by atoms with E-state index in [1.165, 1.54) is 64.3 Å². The summed E-state index contributed by atoms with van der Waals surface area (Å²) in [4.78, 5) is 2.50. The minimum absolute atomic E-state index is 0.486. The summed E-state index contributed by atoms with van der Waals surface area (Å²) in [6.07, 6.45) is 13.0. The molecule has 1 saturated carbocycles. The molecule has 0 aromatic carbocycles. The first-order chi connectivity index (χ1) is 9.81. The molecule has 0 aromatic heterocycles. The summed E-state index contributed by atoms with van der Waals surface area (Å²) in [6.45, 7) is 3.29. The van der Waals surface area contributed by atoms with E-state index in [-0.39, 0.29) is 0 Å². The molecular weight excluding hydrogens is 248 g/mol. The maximum atomic E-state index is 5.86. The van der Waals surface area contributed by atoms with Crippen LogP contribution in [-0.2, 0) is 4.74 Å². The molecule has 0 aromatic rings. The van der Waals surface area contributed by atoms with Crippen LogP contribution in [0.1, 0.15) is 57.8 Å². The lowest BCUT2D eigenvalue weighted by atomic mass is 9.78. The van der Waals surface area contributed by atoms with Crippen LogP contribution in [0.2, 0.25) is 0 Å². The predicted molar refractivity (Wildman–Crippen MR) is 83.0 cm³/mol. The van der Waals surface area contributed by atoms with Crippen molar-refractivity contribution < 1.29 is 4.74 Å². The standard InChI is InChI=1S/C17H32N2O/c1-19(13-16-7-4-5-11-20-16)12-15-10-9-14-6-2-3-8-17(14)18-15/h14-18H,2-13H2,1H3. The van der Waals surface area contributed by atoms with E-state index in [2.05, 4.69) is 17.3 Å². The number of rotatable bonds is 4. The Kier molecular flexibility index (Phi) is 5.36. The minimum atomic E-state index is 0.486. The van der Waals surface area contributed by atoms with Gasteiger partial charge in [0.25, 0.3) is 0 Å². The van der Waals surface area contributed by atoms with Crippen LogP contribution in [0.15, 0.2) is 0 Å². The number of ether oxygens (including phenoxy) is 1. The van der Waals surface area contributed by atoms with Crippen molar-refractivity contribution in [3.8, 4) is 0 Å². The van der Waals surface area contributed by atoms with Crippen molar-refractivity contribution in [3.05, 3.63) is 0 Å². The van der Waals surface area contributed by atoms with Crippen molar-refractivity contribution >= 4 is 0 Å². The Morgan fingerprint density at radius 2 is 1.80 bits per heavy atom. The molecular formula is C17H32N2O. The normalized spacial score (nSPS) is 38.7. The van der Waals surface area contributed by atoms with Gasteiger partial charge in [-0.25, -0.2) is 0 Å². The van der Waals surface area contributed by atoms with E-state index in [0.717, 1.165) is 25.1 Å². The van der Waals surface area contributed by atoms with Crippen LogP contribution in [-0.4, -0.2) is 49.8 Å². The second-order valence-corrected chi connectivity index (χ2v) is 7.30. The van der Waals surface area contributed by atoms with Crippen LogP contribution < -0.4 is 5.32 Å². The van der Waals surface area contributed by atoms with Crippen molar-refractivity contribution in [2.75, 3.05) is 26.7 Å². The van der Waals surface area contributed by atoms with Crippen LogP contribution in [0.25, 0.3) is 0 Å². The highest BCUT2D eigenvalue weighted by Crippen LogP contribution is 2.32. The summed E-state index contributed by atoms with van der Waals surface area (Å²) in [5.74, 6) is 0.979. The van der Waals surface area contributed by atoms with Gasteiger partial charge in [-0.2, -0.15) is 0 Å². The Bertz CT molecular complexity index is 291. The molecule has 2 saturated heterocycles. The van der Waals surface area contributed by atoms with Gasteiger partial charge in [0.05, 0.1) is 6.10 Å². The highest BCUT2D eigenvalue weighted by Gasteiger charge is 2.32. The third-order valence-corrected chi connectivity index (χ3v) is 5.57. The van der Waals surface area contributed by atoms with Crippen LogP contribution in [0.5, 0.6) is 0 Å². The fraction of sp³-hybridized carbons (Fsp3) is 1.00. The minimum Gasteiger partial charge on any atom is -0.377 e. The summed E-state index contributed by atoms with van der Waals surface area (Å²) in [5.41, 5.74) is 0. The van der Waals surface area contributed by atoms with Gasteiger partial charge in [0.15, 0.2) is 0 Å². The van der Waals surface area contributed by atoms with Crippen molar-refractivity contribution in [3.63, 3.8) is 0 Å². The second kappa shape index (κ2) is 7.24. The number of fused-ring (bicyclic) bond motifs is 1. The number of nitrogens with one attached hydrogen (secondary N) is 1. The maximum absolute atomic E-state index is 5.86. The molecule has 3 fully saturated rings. The molecule has 3 rings (SSSR count). The second-order valence-electron chi connectivity index (χ2n) is 7.30. The fourth-order valence-electron chi connectivity index (χ4n) is 4.47. The Morgan fingerprint density at radius 1 is 0.950 bits per heavy atom. The third kappa shape index (κ3) is 3.96. The van der Waals surface area contributed by atoms with Gasteiger partial charge in [-0.05, 0) is 57.9 Å². The zero-order valence-electron chi connectivity index (χ0n) is 13.2. The highest BCUT2D eigenvalue weighted by atomic mass is 16.5. The molecule has 2 heterocycles. The van der Waals surface area contributed by atoms with Gasteiger partial charge >= 0.3 is 0 Å². The molecule has 3 aliphatic rings. The van der Waals surface area contributed by atoms with Gasteiger partial charge in [0.1, 0.15) is 0 Å². The summed E-state index contributed by atoms with van der Waals surface area (Å²) in [5, 5.41) is 3.94. The molecule has 3 heteroatoms.